The number of ketones is 1. The van der Waals surface area contributed by atoms with Crippen molar-refractivity contribution in [2.75, 3.05) is 0 Å². The molecule has 1 nitrogen and oxygen atoms in total. The zero-order valence-corrected chi connectivity index (χ0v) is 12.1. The first-order valence-corrected chi connectivity index (χ1v) is 7.73. The van der Waals surface area contributed by atoms with Gasteiger partial charge in [-0.3, -0.25) is 4.79 Å². The van der Waals surface area contributed by atoms with Crippen molar-refractivity contribution in [1.29, 1.82) is 0 Å². The highest BCUT2D eigenvalue weighted by atomic mass is 16.1. The summed E-state index contributed by atoms with van der Waals surface area (Å²) in [4.78, 5) is 12.9. The normalized spacial score (nSPS) is 26.1. The molecule has 2 saturated carbocycles. The number of carbonyl (C=O) groups is 1. The van der Waals surface area contributed by atoms with Gasteiger partial charge in [0, 0.05) is 11.5 Å². The molecule has 2 fully saturated rings. The summed E-state index contributed by atoms with van der Waals surface area (Å²) >= 11 is 0. The van der Waals surface area contributed by atoms with Crippen molar-refractivity contribution < 1.29 is 4.79 Å². The van der Waals surface area contributed by atoms with Crippen LogP contribution in [0.2, 0.25) is 0 Å². The summed E-state index contributed by atoms with van der Waals surface area (Å²) in [6.07, 6.45) is 7.31. The molecule has 2 aliphatic rings. The first kappa shape index (κ1) is 12.9. The third kappa shape index (κ3) is 2.24. The van der Waals surface area contributed by atoms with Gasteiger partial charge in [0.2, 0.25) is 0 Å². The smallest absolute Gasteiger partial charge is 0.166 e. The molecule has 2 aliphatic carbocycles. The molecule has 0 N–H and O–H groups in total. The molecule has 0 aromatic heterocycles. The summed E-state index contributed by atoms with van der Waals surface area (Å²) < 4.78 is 0. The second-order valence-corrected chi connectivity index (χ2v) is 7.01. The van der Waals surface area contributed by atoms with Gasteiger partial charge in [0.05, 0.1) is 0 Å². The molecule has 3 rings (SSSR count). The predicted molar refractivity (Wildman–Crippen MR) is 78.5 cm³/mol. The highest BCUT2D eigenvalue weighted by Crippen LogP contribution is 2.46. The van der Waals surface area contributed by atoms with Crippen LogP contribution < -0.4 is 0 Å². The molecule has 1 aromatic carbocycles. The van der Waals surface area contributed by atoms with Crippen LogP contribution in [0.15, 0.2) is 24.3 Å². The fraction of sp³-hybridized carbons (Fsp3) is 0.611. The van der Waals surface area contributed by atoms with Gasteiger partial charge in [0.1, 0.15) is 0 Å². The van der Waals surface area contributed by atoms with Crippen molar-refractivity contribution in [3.8, 4) is 0 Å². The lowest BCUT2D eigenvalue weighted by atomic mass is 9.73. The van der Waals surface area contributed by atoms with E-state index in [2.05, 4.69) is 32.0 Å². The van der Waals surface area contributed by atoms with Gasteiger partial charge in [-0.1, -0.05) is 51.0 Å². The topological polar surface area (TPSA) is 17.1 Å². The van der Waals surface area contributed by atoms with Crippen LogP contribution in [0, 0.1) is 11.3 Å². The van der Waals surface area contributed by atoms with Crippen molar-refractivity contribution in [2.45, 2.75) is 58.3 Å². The van der Waals surface area contributed by atoms with Crippen LogP contribution in [-0.2, 0) is 0 Å². The first-order valence-electron chi connectivity index (χ1n) is 7.73. The summed E-state index contributed by atoms with van der Waals surface area (Å²) in [5.74, 6) is 1.28. The molecule has 1 aromatic rings. The van der Waals surface area contributed by atoms with E-state index in [0.29, 0.717) is 11.7 Å². The number of carbonyl (C=O) groups excluding carboxylic acids is 1. The molecule has 102 valence electrons. The summed E-state index contributed by atoms with van der Waals surface area (Å²) in [7, 11) is 0. The molecule has 19 heavy (non-hydrogen) atoms. The Labute approximate surface area is 116 Å². The molecule has 1 unspecified atom stereocenters. The Bertz CT molecular complexity index is 482. The molecule has 0 bridgehead atoms. The molecule has 1 heteroatoms. The molecule has 0 amide bonds. The first-order chi connectivity index (χ1) is 9.09. The highest BCUT2D eigenvalue weighted by molar-refractivity contribution is 6.00. The second kappa shape index (κ2) is 4.77. The van der Waals surface area contributed by atoms with E-state index in [1.165, 1.54) is 37.7 Å². The Morgan fingerprint density at radius 1 is 1.11 bits per heavy atom. The second-order valence-electron chi connectivity index (χ2n) is 7.01. The van der Waals surface area contributed by atoms with Gasteiger partial charge in [-0.15, -0.1) is 0 Å². The molecule has 0 radical (unpaired) electrons. The fourth-order valence-corrected chi connectivity index (χ4v) is 3.80. The van der Waals surface area contributed by atoms with Crippen LogP contribution >= 0.6 is 0 Å². The largest absolute Gasteiger partial charge is 0.294 e. The van der Waals surface area contributed by atoms with Gasteiger partial charge < -0.3 is 0 Å². The maximum absolute atomic E-state index is 12.9. The minimum atomic E-state index is 0.184. The average molecular weight is 256 g/mol. The standard InChI is InChI=1S/C18H24O/c1-18(2)12-6-11-16(18)17(19)15-10-4-3-9-14(15)13-7-5-8-13/h3-4,9-10,13,16H,5-8,11-12H2,1-2H3. The zero-order valence-electron chi connectivity index (χ0n) is 12.1. The van der Waals surface area contributed by atoms with Crippen molar-refractivity contribution >= 4 is 5.78 Å². The van der Waals surface area contributed by atoms with Crippen LogP contribution in [0.3, 0.4) is 0 Å². The monoisotopic (exact) mass is 256 g/mol. The number of rotatable bonds is 3. The minimum absolute atomic E-state index is 0.184. The molecule has 0 heterocycles. The van der Waals surface area contributed by atoms with E-state index in [-0.39, 0.29) is 11.3 Å². The van der Waals surface area contributed by atoms with Crippen molar-refractivity contribution in [2.24, 2.45) is 11.3 Å². The Kier molecular flexibility index (Phi) is 3.24. The van der Waals surface area contributed by atoms with Crippen LogP contribution in [-0.4, -0.2) is 5.78 Å². The van der Waals surface area contributed by atoms with E-state index in [4.69, 9.17) is 0 Å². The van der Waals surface area contributed by atoms with E-state index < -0.39 is 0 Å². The summed E-state index contributed by atoms with van der Waals surface area (Å²) in [6, 6.07) is 8.35. The van der Waals surface area contributed by atoms with Crippen molar-refractivity contribution in [1.82, 2.24) is 0 Å². The van der Waals surface area contributed by atoms with Gasteiger partial charge in [0.15, 0.2) is 5.78 Å². The lowest BCUT2D eigenvalue weighted by Crippen LogP contribution is -2.27. The summed E-state index contributed by atoms with van der Waals surface area (Å²) in [6.45, 7) is 4.52. The quantitative estimate of drug-likeness (QED) is 0.698. The van der Waals surface area contributed by atoms with Crippen LogP contribution in [0.1, 0.15) is 74.2 Å². The predicted octanol–water partition coefficient (Wildman–Crippen LogP) is 4.96. The summed E-state index contributed by atoms with van der Waals surface area (Å²) in [5, 5.41) is 0. The van der Waals surface area contributed by atoms with E-state index in [1.807, 2.05) is 6.07 Å². The van der Waals surface area contributed by atoms with Gasteiger partial charge >= 0.3 is 0 Å². The molecule has 1 atom stereocenters. The maximum Gasteiger partial charge on any atom is 0.166 e. The van der Waals surface area contributed by atoms with Gasteiger partial charge in [-0.25, -0.2) is 0 Å². The summed E-state index contributed by atoms with van der Waals surface area (Å²) in [5.41, 5.74) is 2.53. The lowest BCUT2D eigenvalue weighted by molar-refractivity contribution is 0.0837. The van der Waals surface area contributed by atoms with Gasteiger partial charge in [-0.05, 0) is 42.6 Å². The number of hydrogen-bond acceptors (Lipinski definition) is 1. The van der Waals surface area contributed by atoms with E-state index in [9.17, 15) is 4.79 Å². The maximum atomic E-state index is 12.9. The number of hydrogen-bond donors (Lipinski definition) is 0. The van der Waals surface area contributed by atoms with E-state index in [1.54, 1.807) is 0 Å². The number of benzene rings is 1. The Morgan fingerprint density at radius 2 is 1.84 bits per heavy atom. The third-order valence-electron chi connectivity index (χ3n) is 5.34. The van der Waals surface area contributed by atoms with E-state index >= 15 is 0 Å². The van der Waals surface area contributed by atoms with E-state index in [0.717, 1.165) is 12.0 Å². The lowest BCUT2D eigenvalue weighted by Gasteiger charge is -2.30. The van der Waals surface area contributed by atoms with Crippen LogP contribution in [0.4, 0.5) is 0 Å². The molecule has 0 spiro atoms. The molecule has 0 saturated heterocycles. The van der Waals surface area contributed by atoms with Gasteiger partial charge in [-0.2, -0.15) is 0 Å². The highest BCUT2D eigenvalue weighted by Gasteiger charge is 2.40. The Morgan fingerprint density at radius 3 is 2.42 bits per heavy atom. The Balaban J connectivity index is 1.91. The number of Topliss-reactive ketones (excluding diaryl/α,β-unsaturated/α-hetero) is 1. The third-order valence-corrected chi connectivity index (χ3v) is 5.34. The zero-order chi connectivity index (χ0) is 13.5. The minimum Gasteiger partial charge on any atom is -0.294 e. The van der Waals surface area contributed by atoms with Crippen molar-refractivity contribution in [3.05, 3.63) is 35.4 Å². The molecule has 0 aliphatic heterocycles. The average Bonchev–Trinajstić information content (AvgIpc) is 2.67. The van der Waals surface area contributed by atoms with Gasteiger partial charge in [0.25, 0.3) is 0 Å². The van der Waals surface area contributed by atoms with Crippen LogP contribution in [0.25, 0.3) is 0 Å². The van der Waals surface area contributed by atoms with Crippen molar-refractivity contribution in [3.63, 3.8) is 0 Å². The molecular formula is C18H24O. The Hall–Kier alpha value is -1.11. The fourth-order valence-electron chi connectivity index (χ4n) is 3.80. The molecular weight excluding hydrogens is 232 g/mol. The van der Waals surface area contributed by atoms with Crippen LogP contribution in [0.5, 0.6) is 0 Å². The SMILES string of the molecule is CC1(C)CCCC1C(=O)c1ccccc1C1CCC1.